The number of fused-ring (bicyclic) bond motifs is 3. The zero-order valence-corrected chi connectivity index (χ0v) is 15.0. The van der Waals surface area contributed by atoms with Crippen molar-refractivity contribution in [1.29, 1.82) is 0 Å². The lowest BCUT2D eigenvalue weighted by molar-refractivity contribution is -0.125. The van der Waals surface area contributed by atoms with Crippen LogP contribution >= 0.6 is 11.6 Å². The number of carbonyl (C=O) groups excluding carboxylic acids is 1. The van der Waals surface area contributed by atoms with Crippen LogP contribution in [0.25, 0.3) is 0 Å². The molecule has 0 spiro atoms. The molecule has 1 amide bonds. The number of nitrogens with zero attached hydrogens (tertiary/aromatic N) is 1. The van der Waals surface area contributed by atoms with Gasteiger partial charge in [-0.3, -0.25) is 4.79 Å². The molecule has 4 heteroatoms. The first-order valence-electron chi connectivity index (χ1n) is 9.01. The van der Waals surface area contributed by atoms with Crippen LogP contribution < -0.4 is 5.32 Å². The fraction of sp³-hybridized carbons (Fsp3) is 0.381. The summed E-state index contributed by atoms with van der Waals surface area (Å²) in [4.78, 5) is 14.6. The number of benzene rings is 2. The molecule has 3 aliphatic heterocycles. The van der Waals surface area contributed by atoms with Crippen LogP contribution in [-0.2, 0) is 9.67 Å². The number of carbonyl (C=O) groups is 1. The third-order valence-electron chi connectivity index (χ3n) is 5.63. The Morgan fingerprint density at radius 1 is 0.960 bits per heavy atom. The van der Waals surface area contributed by atoms with E-state index in [1.807, 2.05) is 60.7 Å². The monoisotopic (exact) mass is 354 g/mol. The Hall–Kier alpha value is -1.84. The Balaban J connectivity index is 1.65. The molecule has 0 aliphatic carbocycles. The van der Waals surface area contributed by atoms with Gasteiger partial charge in [0, 0.05) is 12.6 Å². The van der Waals surface area contributed by atoms with Crippen LogP contribution in [-0.4, -0.2) is 36.5 Å². The van der Waals surface area contributed by atoms with Gasteiger partial charge in [0.05, 0.1) is 0 Å². The molecule has 1 atom stereocenters. The molecule has 0 aromatic heterocycles. The zero-order valence-electron chi connectivity index (χ0n) is 14.2. The lowest BCUT2D eigenvalue weighted by atomic mass is 9.83. The second-order valence-corrected chi connectivity index (χ2v) is 7.68. The van der Waals surface area contributed by atoms with Crippen LogP contribution in [0.1, 0.15) is 24.0 Å². The molecule has 25 heavy (non-hydrogen) atoms. The second-order valence-electron chi connectivity index (χ2n) is 7.11. The highest BCUT2D eigenvalue weighted by Crippen LogP contribution is 2.38. The lowest BCUT2D eigenvalue weighted by Crippen LogP contribution is -2.59. The molecule has 2 bridgehead atoms. The van der Waals surface area contributed by atoms with E-state index < -0.39 is 4.87 Å². The SMILES string of the molecule is O=C(NC1CN2CCC1CC2)C(Cl)(c1ccccc1)c1ccccc1. The number of halogens is 1. The molecule has 0 radical (unpaired) electrons. The van der Waals surface area contributed by atoms with Crippen LogP contribution in [0, 0.1) is 5.92 Å². The van der Waals surface area contributed by atoms with Crippen molar-refractivity contribution in [2.75, 3.05) is 19.6 Å². The number of hydrogen-bond acceptors (Lipinski definition) is 2. The third kappa shape index (κ3) is 3.07. The molecule has 3 aliphatic rings. The van der Waals surface area contributed by atoms with E-state index >= 15 is 0 Å². The topological polar surface area (TPSA) is 32.3 Å². The van der Waals surface area contributed by atoms with E-state index in [0.717, 1.165) is 43.6 Å². The first-order chi connectivity index (χ1) is 12.2. The number of piperidine rings is 3. The summed E-state index contributed by atoms with van der Waals surface area (Å²) in [5.41, 5.74) is 1.61. The smallest absolute Gasteiger partial charge is 0.250 e. The van der Waals surface area contributed by atoms with Gasteiger partial charge in [0.1, 0.15) is 0 Å². The summed E-state index contributed by atoms with van der Waals surface area (Å²) >= 11 is 7.04. The molecular formula is C21H23ClN2O. The first-order valence-corrected chi connectivity index (χ1v) is 9.39. The second kappa shape index (κ2) is 6.81. The zero-order chi connectivity index (χ0) is 17.3. The summed E-state index contributed by atoms with van der Waals surface area (Å²) in [5.74, 6) is 0.451. The van der Waals surface area contributed by atoms with Crippen LogP contribution in [0.3, 0.4) is 0 Å². The fourth-order valence-electron chi connectivity index (χ4n) is 4.16. The van der Waals surface area contributed by atoms with E-state index in [0.29, 0.717) is 5.92 Å². The average Bonchev–Trinajstić information content (AvgIpc) is 2.69. The Morgan fingerprint density at radius 3 is 1.92 bits per heavy atom. The first kappa shape index (κ1) is 16.6. The number of amides is 1. The molecule has 130 valence electrons. The predicted molar refractivity (Wildman–Crippen MR) is 101 cm³/mol. The summed E-state index contributed by atoms with van der Waals surface area (Å²) < 4.78 is 0. The summed E-state index contributed by atoms with van der Waals surface area (Å²) in [6.07, 6.45) is 2.33. The van der Waals surface area contributed by atoms with Crippen LogP contribution in [0.15, 0.2) is 60.7 Å². The van der Waals surface area contributed by atoms with Crippen molar-refractivity contribution in [3.05, 3.63) is 71.8 Å². The Bertz CT molecular complexity index is 687. The fourth-order valence-corrected chi connectivity index (χ4v) is 4.47. The molecule has 3 saturated heterocycles. The van der Waals surface area contributed by atoms with E-state index in [1.165, 1.54) is 0 Å². The number of alkyl halides is 1. The molecule has 3 heterocycles. The van der Waals surface area contributed by atoms with Crippen molar-refractivity contribution < 1.29 is 4.79 Å². The van der Waals surface area contributed by atoms with Gasteiger partial charge < -0.3 is 10.2 Å². The number of rotatable bonds is 4. The van der Waals surface area contributed by atoms with Crippen LogP contribution in [0.4, 0.5) is 0 Å². The normalized spacial score (nSPS) is 25.6. The minimum absolute atomic E-state index is 0.120. The highest BCUT2D eigenvalue weighted by molar-refractivity contribution is 6.37. The van der Waals surface area contributed by atoms with Crippen molar-refractivity contribution >= 4 is 17.5 Å². The maximum absolute atomic E-state index is 13.3. The van der Waals surface area contributed by atoms with Gasteiger partial charge in [-0.25, -0.2) is 0 Å². The summed E-state index contributed by atoms with van der Waals surface area (Å²) in [6, 6.07) is 19.5. The maximum Gasteiger partial charge on any atom is 0.250 e. The van der Waals surface area contributed by atoms with E-state index in [2.05, 4.69) is 10.2 Å². The Kier molecular flexibility index (Phi) is 4.53. The lowest BCUT2D eigenvalue weighted by Gasteiger charge is -2.45. The van der Waals surface area contributed by atoms with E-state index in [4.69, 9.17) is 11.6 Å². The molecule has 2 aromatic rings. The van der Waals surface area contributed by atoms with Gasteiger partial charge in [0.2, 0.25) is 0 Å². The van der Waals surface area contributed by atoms with E-state index in [-0.39, 0.29) is 11.9 Å². The van der Waals surface area contributed by atoms with Gasteiger partial charge in [-0.1, -0.05) is 72.3 Å². The highest BCUT2D eigenvalue weighted by atomic mass is 35.5. The number of hydrogen-bond donors (Lipinski definition) is 1. The molecule has 5 rings (SSSR count). The predicted octanol–water partition coefficient (Wildman–Crippen LogP) is 3.38. The average molecular weight is 355 g/mol. The van der Waals surface area contributed by atoms with Gasteiger partial charge in [-0.2, -0.15) is 0 Å². The molecule has 3 nitrogen and oxygen atoms in total. The standard InChI is InChI=1S/C21H23ClN2O/c22-21(17-7-3-1-4-8-17,18-9-5-2-6-10-18)20(25)23-19-15-24-13-11-16(19)12-14-24/h1-10,16,19H,11-15H2,(H,23,25). The number of nitrogens with one attached hydrogen (secondary N) is 1. The minimum Gasteiger partial charge on any atom is -0.350 e. The van der Waals surface area contributed by atoms with Gasteiger partial charge in [-0.15, -0.1) is 0 Å². The quantitative estimate of drug-likeness (QED) is 0.854. The maximum atomic E-state index is 13.3. The van der Waals surface area contributed by atoms with Crippen molar-refractivity contribution in [3.8, 4) is 0 Å². The van der Waals surface area contributed by atoms with Gasteiger partial charge in [-0.05, 0) is 43.0 Å². The van der Waals surface area contributed by atoms with Crippen LogP contribution in [0.5, 0.6) is 0 Å². The largest absolute Gasteiger partial charge is 0.350 e. The van der Waals surface area contributed by atoms with E-state index in [9.17, 15) is 4.79 Å². The highest BCUT2D eigenvalue weighted by Gasteiger charge is 2.43. The molecular weight excluding hydrogens is 332 g/mol. The third-order valence-corrected chi connectivity index (χ3v) is 6.24. The van der Waals surface area contributed by atoms with Crippen LogP contribution in [0.2, 0.25) is 0 Å². The molecule has 1 N–H and O–H groups in total. The summed E-state index contributed by atoms with van der Waals surface area (Å²) in [7, 11) is 0. The molecule has 0 saturated carbocycles. The van der Waals surface area contributed by atoms with Crippen molar-refractivity contribution in [1.82, 2.24) is 10.2 Å². The van der Waals surface area contributed by atoms with Gasteiger partial charge >= 0.3 is 0 Å². The Morgan fingerprint density at radius 2 is 1.48 bits per heavy atom. The summed E-state index contributed by atoms with van der Waals surface area (Å²) in [6.45, 7) is 3.24. The Labute approximate surface area is 154 Å². The van der Waals surface area contributed by atoms with Gasteiger partial charge in [0.15, 0.2) is 4.87 Å². The van der Waals surface area contributed by atoms with Crippen molar-refractivity contribution in [2.24, 2.45) is 5.92 Å². The van der Waals surface area contributed by atoms with Crippen molar-refractivity contribution in [3.63, 3.8) is 0 Å². The van der Waals surface area contributed by atoms with Gasteiger partial charge in [0.25, 0.3) is 5.91 Å². The minimum atomic E-state index is -1.20. The van der Waals surface area contributed by atoms with Crippen molar-refractivity contribution in [2.45, 2.75) is 23.8 Å². The van der Waals surface area contributed by atoms with E-state index in [1.54, 1.807) is 0 Å². The molecule has 2 aromatic carbocycles. The molecule has 3 fully saturated rings. The molecule has 1 unspecified atom stereocenters. The summed E-state index contributed by atoms with van der Waals surface area (Å²) in [5, 5.41) is 3.28.